The molecule has 0 fully saturated rings. The van der Waals surface area contributed by atoms with Gasteiger partial charge in [-0.2, -0.15) is 0 Å². The van der Waals surface area contributed by atoms with Gasteiger partial charge in [-0.15, -0.1) is 0 Å². The van der Waals surface area contributed by atoms with E-state index in [4.69, 9.17) is 22.1 Å². The highest BCUT2D eigenvalue weighted by atomic mass is 35.5. The van der Waals surface area contributed by atoms with Crippen molar-refractivity contribution in [3.05, 3.63) is 52.8 Å². The zero-order valence-corrected chi connectivity index (χ0v) is 10.7. The summed E-state index contributed by atoms with van der Waals surface area (Å²) in [6.45, 7) is 2.02. The Kier molecular flexibility index (Phi) is 3.72. The van der Waals surface area contributed by atoms with Crippen LogP contribution in [0.15, 0.2) is 36.4 Å². The van der Waals surface area contributed by atoms with E-state index < -0.39 is 5.82 Å². The van der Waals surface area contributed by atoms with Crippen molar-refractivity contribution in [1.82, 2.24) is 0 Å². The average Bonchev–Trinajstić information content (AvgIpc) is 2.36. The summed E-state index contributed by atoms with van der Waals surface area (Å²) in [7, 11) is 0. The van der Waals surface area contributed by atoms with Crippen LogP contribution in [0.1, 0.15) is 12.5 Å². The van der Waals surface area contributed by atoms with Crippen LogP contribution in [0, 0.1) is 5.82 Å². The van der Waals surface area contributed by atoms with Gasteiger partial charge in [-0.05, 0) is 24.1 Å². The number of nitrogen functional groups attached to an aromatic ring is 1. The predicted octanol–water partition coefficient (Wildman–Crippen LogP) is 4.42. The van der Waals surface area contributed by atoms with Gasteiger partial charge in [-0.25, -0.2) is 4.39 Å². The van der Waals surface area contributed by atoms with Gasteiger partial charge in [-0.1, -0.05) is 36.7 Å². The molecule has 0 radical (unpaired) electrons. The number of hydrogen-bond donors (Lipinski definition) is 1. The molecule has 4 heteroatoms. The summed E-state index contributed by atoms with van der Waals surface area (Å²) in [5.41, 5.74) is 7.10. The second-order valence-corrected chi connectivity index (χ2v) is 4.27. The van der Waals surface area contributed by atoms with E-state index >= 15 is 0 Å². The Morgan fingerprint density at radius 1 is 1.22 bits per heavy atom. The van der Waals surface area contributed by atoms with Crippen LogP contribution in [0.4, 0.5) is 10.1 Å². The summed E-state index contributed by atoms with van der Waals surface area (Å²) in [4.78, 5) is 0. The Morgan fingerprint density at radius 2 is 1.94 bits per heavy atom. The lowest BCUT2D eigenvalue weighted by atomic mass is 10.1. The van der Waals surface area contributed by atoms with Gasteiger partial charge in [-0.3, -0.25) is 0 Å². The fraction of sp³-hybridized carbons (Fsp3) is 0.143. The maximum absolute atomic E-state index is 13.4. The average molecular weight is 266 g/mol. The normalized spacial score (nSPS) is 10.4. The molecular weight excluding hydrogens is 253 g/mol. The Labute approximate surface area is 110 Å². The van der Waals surface area contributed by atoms with E-state index in [0.717, 1.165) is 12.0 Å². The van der Waals surface area contributed by atoms with Crippen LogP contribution in [0.2, 0.25) is 5.02 Å². The van der Waals surface area contributed by atoms with Crippen molar-refractivity contribution in [2.24, 2.45) is 0 Å². The van der Waals surface area contributed by atoms with Gasteiger partial charge in [0.05, 0.1) is 10.7 Å². The van der Waals surface area contributed by atoms with E-state index in [-0.39, 0.29) is 10.8 Å². The van der Waals surface area contributed by atoms with Crippen molar-refractivity contribution in [2.75, 3.05) is 5.73 Å². The molecule has 2 nitrogen and oxygen atoms in total. The zero-order valence-electron chi connectivity index (χ0n) is 9.91. The van der Waals surface area contributed by atoms with E-state index in [9.17, 15) is 4.39 Å². The van der Waals surface area contributed by atoms with Gasteiger partial charge in [0.25, 0.3) is 0 Å². The molecule has 2 aromatic rings. The number of rotatable bonds is 3. The summed E-state index contributed by atoms with van der Waals surface area (Å²) in [5, 5.41) is -0.0105. The molecule has 0 bridgehead atoms. The minimum atomic E-state index is -0.546. The summed E-state index contributed by atoms with van der Waals surface area (Å²) in [5.74, 6) is 0.404. The van der Waals surface area contributed by atoms with Crippen LogP contribution in [-0.4, -0.2) is 0 Å². The monoisotopic (exact) mass is 265 g/mol. The molecule has 18 heavy (non-hydrogen) atoms. The molecule has 0 amide bonds. The Bertz CT molecular complexity index is 572. The van der Waals surface area contributed by atoms with Crippen molar-refractivity contribution in [3.8, 4) is 11.5 Å². The third kappa shape index (κ3) is 2.57. The second kappa shape index (κ2) is 5.27. The van der Waals surface area contributed by atoms with Crippen LogP contribution in [-0.2, 0) is 6.42 Å². The fourth-order valence-corrected chi connectivity index (χ4v) is 1.82. The Hall–Kier alpha value is -1.74. The van der Waals surface area contributed by atoms with Gasteiger partial charge in [0.2, 0.25) is 0 Å². The van der Waals surface area contributed by atoms with Gasteiger partial charge in [0.15, 0.2) is 5.75 Å². The molecule has 0 spiro atoms. The molecule has 2 rings (SSSR count). The first-order valence-electron chi connectivity index (χ1n) is 5.62. The van der Waals surface area contributed by atoms with Crippen molar-refractivity contribution < 1.29 is 9.13 Å². The third-order valence-corrected chi connectivity index (χ3v) is 2.92. The molecule has 0 atom stereocenters. The maximum atomic E-state index is 13.4. The minimum Gasteiger partial charge on any atom is -0.455 e. The Morgan fingerprint density at radius 3 is 2.67 bits per heavy atom. The van der Waals surface area contributed by atoms with E-state index in [2.05, 4.69) is 0 Å². The quantitative estimate of drug-likeness (QED) is 0.834. The molecule has 0 aliphatic heterocycles. The first-order valence-corrected chi connectivity index (χ1v) is 6.00. The molecule has 0 saturated carbocycles. The lowest BCUT2D eigenvalue weighted by molar-refractivity contribution is 0.474. The number of para-hydroxylation sites is 1. The highest BCUT2D eigenvalue weighted by molar-refractivity contribution is 6.31. The number of nitrogens with two attached hydrogens (primary N) is 1. The highest BCUT2D eigenvalue weighted by Crippen LogP contribution is 2.33. The van der Waals surface area contributed by atoms with E-state index in [0.29, 0.717) is 11.4 Å². The minimum absolute atomic E-state index is 0.0105. The number of anilines is 1. The largest absolute Gasteiger partial charge is 0.455 e. The van der Waals surface area contributed by atoms with Crippen molar-refractivity contribution in [1.29, 1.82) is 0 Å². The van der Waals surface area contributed by atoms with Crippen LogP contribution < -0.4 is 10.5 Å². The van der Waals surface area contributed by atoms with E-state index in [1.165, 1.54) is 12.1 Å². The molecule has 0 aliphatic rings. The number of ether oxygens (including phenoxy) is 1. The molecule has 2 N–H and O–H groups in total. The smallest absolute Gasteiger partial charge is 0.153 e. The van der Waals surface area contributed by atoms with E-state index in [1.807, 2.05) is 31.2 Å². The van der Waals surface area contributed by atoms with Gasteiger partial charge >= 0.3 is 0 Å². The number of benzene rings is 2. The van der Waals surface area contributed by atoms with Crippen LogP contribution >= 0.6 is 11.6 Å². The number of aryl methyl sites for hydroxylation is 1. The second-order valence-electron chi connectivity index (χ2n) is 3.87. The summed E-state index contributed by atoms with van der Waals surface area (Å²) in [6.07, 6.45) is 0.826. The third-order valence-electron chi connectivity index (χ3n) is 2.63. The van der Waals surface area contributed by atoms with Crippen LogP contribution in [0.3, 0.4) is 0 Å². The lowest BCUT2D eigenvalue weighted by Crippen LogP contribution is -1.96. The van der Waals surface area contributed by atoms with E-state index in [1.54, 1.807) is 0 Å². The fourth-order valence-electron chi connectivity index (χ4n) is 1.65. The summed E-state index contributed by atoms with van der Waals surface area (Å²) in [6, 6.07) is 10.1. The first-order chi connectivity index (χ1) is 8.61. The molecule has 2 aromatic carbocycles. The SMILES string of the molecule is CCc1ccccc1Oc1cc(F)c(Cl)cc1N. The molecule has 0 saturated heterocycles. The lowest BCUT2D eigenvalue weighted by Gasteiger charge is -2.12. The van der Waals surface area contributed by atoms with Crippen molar-refractivity contribution in [3.63, 3.8) is 0 Å². The topological polar surface area (TPSA) is 35.2 Å². The molecule has 94 valence electrons. The van der Waals surface area contributed by atoms with Gasteiger partial charge in [0, 0.05) is 6.07 Å². The predicted molar refractivity (Wildman–Crippen MR) is 71.7 cm³/mol. The Balaban J connectivity index is 2.37. The maximum Gasteiger partial charge on any atom is 0.153 e. The number of hydrogen-bond acceptors (Lipinski definition) is 2. The molecule has 0 unspecified atom stereocenters. The molecule has 0 aromatic heterocycles. The van der Waals surface area contributed by atoms with Gasteiger partial charge in [0.1, 0.15) is 11.6 Å². The molecule has 0 heterocycles. The van der Waals surface area contributed by atoms with Gasteiger partial charge < -0.3 is 10.5 Å². The standard InChI is InChI=1S/C14H13ClFNO/c1-2-9-5-3-4-6-13(9)18-14-8-11(16)10(15)7-12(14)17/h3-8H,2,17H2,1H3. The van der Waals surface area contributed by atoms with Crippen molar-refractivity contribution >= 4 is 17.3 Å². The first kappa shape index (κ1) is 12.7. The summed E-state index contributed by atoms with van der Waals surface area (Å²) >= 11 is 5.64. The van der Waals surface area contributed by atoms with Crippen LogP contribution in [0.5, 0.6) is 11.5 Å². The highest BCUT2D eigenvalue weighted by Gasteiger charge is 2.10. The van der Waals surface area contributed by atoms with Crippen LogP contribution in [0.25, 0.3) is 0 Å². The van der Waals surface area contributed by atoms with Crippen molar-refractivity contribution in [2.45, 2.75) is 13.3 Å². The molecular formula is C14H13ClFNO. The molecule has 0 aliphatic carbocycles. The number of halogens is 2. The summed E-state index contributed by atoms with van der Waals surface area (Å²) < 4.78 is 19.0. The zero-order chi connectivity index (χ0) is 13.1.